The van der Waals surface area contributed by atoms with E-state index in [4.69, 9.17) is 5.73 Å². The molecule has 0 aliphatic carbocycles. The van der Waals surface area contributed by atoms with E-state index in [-0.39, 0.29) is 17.8 Å². The summed E-state index contributed by atoms with van der Waals surface area (Å²) in [5.74, 6) is 0.208. The van der Waals surface area contributed by atoms with E-state index in [1.165, 1.54) is 23.5 Å². The molecule has 1 aliphatic rings. The molecule has 1 aromatic heterocycles. The minimum absolute atomic E-state index is 0.0276. The molecule has 1 amide bonds. The van der Waals surface area contributed by atoms with Crippen LogP contribution in [0.1, 0.15) is 40.0 Å². The molecule has 0 spiro atoms. The van der Waals surface area contributed by atoms with Crippen LogP contribution >= 0.6 is 11.3 Å². The van der Waals surface area contributed by atoms with Crippen molar-refractivity contribution in [2.75, 3.05) is 13.1 Å². The zero-order valence-electron chi connectivity index (χ0n) is 13.7. The lowest BCUT2D eigenvalue weighted by molar-refractivity contribution is 0.0537. The number of carbonyl (C=O) groups is 1. The Morgan fingerprint density at radius 1 is 1.42 bits per heavy atom. The highest BCUT2D eigenvalue weighted by atomic mass is 32.1. The fourth-order valence-electron chi connectivity index (χ4n) is 3.27. The first-order valence-electron chi connectivity index (χ1n) is 8.28. The van der Waals surface area contributed by atoms with E-state index in [0.717, 1.165) is 30.0 Å². The van der Waals surface area contributed by atoms with Gasteiger partial charge in [0.1, 0.15) is 10.7 Å². The summed E-state index contributed by atoms with van der Waals surface area (Å²) in [6, 6.07) is 6.48. The summed E-state index contributed by atoms with van der Waals surface area (Å²) >= 11 is 1.41. The molecule has 2 heterocycles. The Bertz CT molecular complexity index is 701. The summed E-state index contributed by atoms with van der Waals surface area (Å²) in [6.45, 7) is 3.41. The van der Waals surface area contributed by atoms with Gasteiger partial charge in [-0.05, 0) is 36.5 Å². The molecule has 2 unspecified atom stereocenters. The summed E-state index contributed by atoms with van der Waals surface area (Å²) in [5.41, 5.74) is 6.87. The maximum Gasteiger partial charge on any atom is 0.265 e. The average molecular weight is 347 g/mol. The number of amides is 1. The number of hydrogen-bond donors (Lipinski definition) is 1. The van der Waals surface area contributed by atoms with Crippen molar-refractivity contribution in [2.45, 2.75) is 32.2 Å². The van der Waals surface area contributed by atoms with Crippen molar-refractivity contribution in [3.63, 3.8) is 0 Å². The largest absolute Gasteiger partial charge is 0.333 e. The molecule has 2 aromatic rings. The quantitative estimate of drug-likeness (QED) is 0.925. The van der Waals surface area contributed by atoms with Gasteiger partial charge in [-0.25, -0.2) is 9.37 Å². The Balaban J connectivity index is 1.72. The topological polar surface area (TPSA) is 59.2 Å². The molecule has 1 aliphatic heterocycles. The normalized spacial score (nSPS) is 21.0. The van der Waals surface area contributed by atoms with E-state index in [2.05, 4.69) is 11.9 Å². The van der Waals surface area contributed by atoms with Gasteiger partial charge in [-0.3, -0.25) is 4.79 Å². The van der Waals surface area contributed by atoms with E-state index < -0.39 is 0 Å². The van der Waals surface area contributed by atoms with E-state index in [1.54, 1.807) is 18.3 Å². The van der Waals surface area contributed by atoms with Gasteiger partial charge < -0.3 is 10.6 Å². The first-order valence-corrected chi connectivity index (χ1v) is 9.10. The Kier molecular flexibility index (Phi) is 5.26. The van der Waals surface area contributed by atoms with E-state index >= 15 is 0 Å². The maximum atomic E-state index is 13.0. The molecular weight excluding hydrogens is 325 g/mol. The first kappa shape index (κ1) is 17.0. The van der Waals surface area contributed by atoms with Crippen molar-refractivity contribution in [3.8, 4) is 0 Å². The molecule has 0 bridgehead atoms. The van der Waals surface area contributed by atoms with Crippen LogP contribution in [-0.4, -0.2) is 34.9 Å². The molecule has 6 heteroatoms. The van der Waals surface area contributed by atoms with Crippen LogP contribution in [0, 0.1) is 11.7 Å². The fraction of sp³-hybridized carbons (Fsp3) is 0.444. The highest BCUT2D eigenvalue weighted by molar-refractivity contribution is 7.13. The first-order chi connectivity index (χ1) is 11.6. The monoisotopic (exact) mass is 347 g/mol. The van der Waals surface area contributed by atoms with Crippen LogP contribution in [-0.2, 0) is 6.42 Å². The number of aromatic nitrogens is 1. The van der Waals surface area contributed by atoms with Crippen molar-refractivity contribution in [1.82, 2.24) is 9.88 Å². The number of likely N-dealkylation sites (tertiary alicyclic amines) is 1. The lowest BCUT2D eigenvalue weighted by Gasteiger charge is -2.39. The molecule has 1 aromatic carbocycles. The van der Waals surface area contributed by atoms with Crippen LogP contribution in [0.2, 0.25) is 0 Å². The van der Waals surface area contributed by atoms with E-state index in [1.807, 2.05) is 4.90 Å². The van der Waals surface area contributed by atoms with Crippen LogP contribution < -0.4 is 5.73 Å². The van der Waals surface area contributed by atoms with Gasteiger partial charge in [0.05, 0.1) is 11.2 Å². The zero-order valence-corrected chi connectivity index (χ0v) is 14.6. The van der Waals surface area contributed by atoms with Gasteiger partial charge in [0.25, 0.3) is 5.91 Å². The van der Waals surface area contributed by atoms with Gasteiger partial charge in [-0.2, -0.15) is 0 Å². The molecule has 0 saturated carbocycles. The number of thiazole rings is 1. The second kappa shape index (κ2) is 7.40. The average Bonchev–Trinajstić information content (AvgIpc) is 3.04. The van der Waals surface area contributed by atoms with Crippen LogP contribution in [0.25, 0.3) is 0 Å². The van der Waals surface area contributed by atoms with Crippen LogP contribution in [0.5, 0.6) is 0 Å². The number of carbonyl (C=O) groups excluding carboxylic acids is 1. The van der Waals surface area contributed by atoms with Crippen molar-refractivity contribution >= 4 is 17.2 Å². The third kappa shape index (κ3) is 3.65. The highest BCUT2D eigenvalue weighted by Gasteiger charge is 2.32. The number of halogens is 1. The standard InChI is InChI=1S/C18H22FN3OS/c1-12-3-2-8-22(15(12)10-20)18(23)16-11-21-17(24-16)9-13-4-6-14(19)7-5-13/h4-7,11-12,15H,2-3,8-10,20H2,1H3. The number of hydrogen-bond acceptors (Lipinski definition) is 4. The van der Waals surface area contributed by atoms with Gasteiger partial charge in [-0.15, -0.1) is 11.3 Å². The number of benzene rings is 1. The predicted molar refractivity (Wildman–Crippen MR) is 93.6 cm³/mol. The van der Waals surface area contributed by atoms with Gasteiger partial charge in [0, 0.05) is 25.6 Å². The second-order valence-electron chi connectivity index (χ2n) is 6.34. The molecule has 1 fully saturated rings. The number of nitrogens with two attached hydrogens (primary N) is 1. The van der Waals surface area contributed by atoms with Crippen molar-refractivity contribution < 1.29 is 9.18 Å². The Morgan fingerprint density at radius 3 is 2.88 bits per heavy atom. The van der Waals surface area contributed by atoms with Gasteiger partial charge in [0.2, 0.25) is 0 Å². The molecular formula is C18H22FN3OS. The summed E-state index contributed by atoms with van der Waals surface area (Å²) in [5, 5.41) is 0.860. The van der Waals surface area contributed by atoms with Crippen molar-refractivity contribution in [1.29, 1.82) is 0 Å². The molecule has 3 rings (SSSR count). The van der Waals surface area contributed by atoms with Crippen LogP contribution in [0.15, 0.2) is 30.5 Å². The van der Waals surface area contributed by atoms with Gasteiger partial charge in [0.15, 0.2) is 0 Å². The van der Waals surface area contributed by atoms with Gasteiger partial charge >= 0.3 is 0 Å². The Labute approximate surface area is 145 Å². The van der Waals surface area contributed by atoms with E-state index in [0.29, 0.717) is 23.8 Å². The second-order valence-corrected chi connectivity index (χ2v) is 7.46. The Hall–Kier alpha value is -1.79. The number of nitrogens with zero attached hydrogens (tertiary/aromatic N) is 2. The maximum absolute atomic E-state index is 13.0. The molecule has 128 valence electrons. The Morgan fingerprint density at radius 2 is 2.17 bits per heavy atom. The summed E-state index contributed by atoms with van der Waals surface area (Å²) < 4.78 is 13.0. The molecule has 1 saturated heterocycles. The minimum Gasteiger partial charge on any atom is -0.333 e. The zero-order chi connectivity index (χ0) is 17.1. The van der Waals surface area contributed by atoms with Crippen molar-refractivity contribution in [2.24, 2.45) is 11.7 Å². The third-order valence-electron chi connectivity index (χ3n) is 4.65. The smallest absolute Gasteiger partial charge is 0.265 e. The summed E-state index contributed by atoms with van der Waals surface area (Å²) in [7, 11) is 0. The SMILES string of the molecule is CC1CCCN(C(=O)c2cnc(Cc3ccc(F)cc3)s2)C1CN. The fourth-order valence-corrected chi connectivity index (χ4v) is 4.18. The number of piperidine rings is 1. The number of rotatable bonds is 4. The summed E-state index contributed by atoms with van der Waals surface area (Å²) in [6.07, 6.45) is 4.39. The van der Waals surface area contributed by atoms with Crippen LogP contribution in [0.4, 0.5) is 4.39 Å². The molecule has 2 N–H and O–H groups in total. The predicted octanol–water partition coefficient (Wildman–Crippen LogP) is 3.07. The highest BCUT2D eigenvalue weighted by Crippen LogP contribution is 2.26. The van der Waals surface area contributed by atoms with Crippen LogP contribution in [0.3, 0.4) is 0 Å². The lowest BCUT2D eigenvalue weighted by atomic mass is 9.90. The summed E-state index contributed by atoms with van der Waals surface area (Å²) in [4.78, 5) is 19.7. The van der Waals surface area contributed by atoms with E-state index in [9.17, 15) is 9.18 Å². The molecule has 4 nitrogen and oxygen atoms in total. The van der Waals surface area contributed by atoms with Gasteiger partial charge in [-0.1, -0.05) is 19.1 Å². The molecule has 24 heavy (non-hydrogen) atoms. The molecule has 0 radical (unpaired) electrons. The third-order valence-corrected chi connectivity index (χ3v) is 5.64. The lowest BCUT2D eigenvalue weighted by Crippen LogP contribution is -2.51. The molecule has 2 atom stereocenters. The minimum atomic E-state index is -0.249. The van der Waals surface area contributed by atoms with Crippen molar-refractivity contribution in [3.05, 3.63) is 51.7 Å².